The third kappa shape index (κ3) is 4.20. The number of aryl methyl sites for hydroxylation is 2. The van der Waals surface area contributed by atoms with Gasteiger partial charge in [0.05, 0.1) is 23.9 Å². The number of halogens is 1. The molecule has 1 aromatic heterocycles. The van der Waals surface area contributed by atoms with Crippen LogP contribution >= 0.6 is 11.6 Å². The van der Waals surface area contributed by atoms with Crippen molar-refractivity contribution in [2.24, 2.45) is 7.05 Å². The lowest BCUT2D eigenvalue weighted by Crippen LogP contribution is -2.15. The van der Waals surface area contributed by atoms with Crippen molar-refractivity contribution < 1.29 is 14.3 Å². The molecular weight excluding hydrogens is 330 g/mol. The highest BCUT2D eigenvalue weighted by atomic mass is 35.5. The molecule has 130 valence electrons. The van der Waals surface area contributed by atoms with Crippen molar-refractivity contribution in [2.45, 2.75) is 27.2 Å². The minimum absolute atomic E-state index is 0.289. The van der Waals surface area contributed by atoms with E-state index in [-0.39, 0.29) is 5.91 Å². The van der Waals surface area contributed by atoms with Gasteiger partial charge in [0.1, 0.15) is 5.82 Å². The Bertz CT molecular complexity index is 728. The van der Waals surface area contributed by atoms with Crippen LogP contribution in [0.1, 0.15) is 36.3 Å². The molecule has 0 unspecified atom stereocenters. The van der Waals surface area contributed by atoms with Crippen LogP contribution in [0.25, 0.3) is 0 Å². The summed E-state index contributed by atoms with van der Waals surface area (Å²) < 4.78 is 12.8. The Labute approximate surface area is 146 Å². The van der Waals surface area contributed by atoms with Crippen LogP contribution < -0.4 is 14.8 Å². The van der Waals surface area contributed by atoms with E-state index >= 15 is 0 Å². The summed E-state index contributed by atoms with van der Waals surface area (Å²) in [5.41, 5.74) is 1.22. The number of carbonyl (C=O) groups is 1. The van der Waals surface area contributed by atoms with Crippen LogP contribution in [-0.4, -0.2) is 28.9 Å². The van der Waals surface area contributed by atoms with Crippen molar-refractivity contribution in [3.8, 4) is 11.5 Å². The Morgan fingerprint density at radius 1 is 1.29 bits per heavy atom. The number of anilines is 1. The Kier molecular flexibility index (Phi) is 6.09. The van der Waals surface area contributed by atoms with Crippen LogP contribution in [0.15, 0.2) is 18.2 Å². The summed E-state index contributed by atoms with van der Waals surface area (Å²) in [7, 11) is 1.77. The zero-order valence-electron chi connectivity index (χ0n) is 14.4. The summed E-state index contributed by atoms with van der Waals surface area (Å²) in [5, 5.41) is 7.36. The summed E-state index contributed by atoms with van der Waals surface area (Å²) in [4.78, 5) is 12.5. The zero-order valence-corrected chi connectivity index (χ0v) is 15.1. The molecule has 6 nitrogen and oxygen atoms in total. The fraction of sp³-hybridized carbons (Fsp3) is 0.412. The summed E-state index contributed by atoms with van der Waals surface area (Å²) >= 11 is 6.29. The number of hydrogen-bond donors (Lipinski definition) is 1. The normalized spacial score (nSPS) is 10.5. The van der Waals surface area contributed by atoms with Crippen molar-refractivity contribution in [1.29, 1.82) is 0 Å². The van der Waals surface area contributed by atoms with E-state index < -0.39 is 0 Å². The second-order valence-electron chi connectivity index (χ2n) is 5.32. The van der Waals surface area contributed by atoms with Crippen molar-refractivity contribution in [3.63, 3.8) is 0 Å². The molecule has 1 heterocycles. The first kappa shape index (κ1) is 18.1. The molecule has 24 heavy (non-hydrogen) atoms. The number of ether oxygens (including phenoxy) is 2. The maximum Gasteiger partial charge on any atom is 0.257 e. The van der Waals surface area contributed by atoms with E-state index in [0.29, 0.717) is 41.1 Å². The van der Waals surface area contributed by atoms with Crippen LogP contribution in [0.5, 0.6) is 11.5 Å². The molecule has 0 aliphatic carbocycles. The van der Waals surface area contributed by atoms with E-state index in [4.69, 9.17) is 21.1 Å². The number of amides is 1. The van der Waals surface area contributed by atoms with Gasteiger partial charge in [-0.2, -0.15) is 5.10 Å². The van der Waals surface area contributed by atoms with Gasteiger partial charge in [-0.1, -0.05) is 18.5 Å². The molecule has 2 aromatic rings. The Morgan fingerprint density at radius 2 is 2.04 bits per heavy atom. The highest BCUT2D eigenvalue weighted by molar-refractivity contribution is 6.32. The Balaban J connectivity index is 2.29. The van der Waals surface area contributed by atoms with Gasteiger partial charge in [0.25, 0.3) is 5.91 Å². The molecule has 1 N–H and O–H groups in total. The van der Waals surface area contributed by atoms with Crippen molar-refractivity contribution in [1.82, 2.24) is 9.78 Å². The molecular formula is C17H22ClN3O3. The maximum absolute atomic E-state index is 12.5. The summed E-state index contributed by atoms with van der Waals surface area (Å²) in [6.07, 6.45) is 0.851. The fourth-order valence-corrected chi connectivity index (χ4v) is 2.49. The smallest absolute Gasteiger partial charge is 0.257 e. The standard InChI is InChI=1S/C17H22ClN3O3/c1-5-7-24-16-13(18)9-12(10-14(16)23-6-2)17(22)19-15-8-11(3)20-21(15)4/h8-10H,5-7H2,1-4H3,(H,19,22). The van der Waals surface area contributed by atoms with E-state index in [1.165, 1.54) is 0 Å². The maximum atomic E-state index is 12.5. The number of benzene rings is 1. The number of carbonyl (C=O) groups excluding carboxylic acids is 1. The first-order valence-corrected chi connectivity index (χ1v) is 8.25. The molecule has 0 bridgehead atoms. The van der Waals surface area contributed by atoms with Crippen LogP contribution in [0, 0.1) is 6.92 Å². The fourth-order valence-electron chi connectivity index (χ4n) is 2.22. The predicted octanol–water partition coefficient (Wildman–Crippen LogP) is 3.82. The average Bonchev–Trinajstić information content (AvgIpc) is 2.84. The Hall–Kier alpha value is -2.21. The van der Waals surface area contributed by atoms with E-state index in [1.54, 1.807) is 29.9 Å². The zero-order chi connectivity index (χ0) is 17.7. The van der Waals surface area contributed by atoms with Gasteiger partial charge in [0.15, 0.2) is 11.5 Å². The summed E-state index contributed by atoms with van der Waals surface area (Å²) in [6, 6.07) is 5.01. The van der Waals surface area contributed by atoms with Crippen LogP contribution in [0.4, 0.5) is 5.82 Å². The molecule has 7 heteroatoms. The second kappa shape index (κ2) is 8.06. The van der Waals surface area contributed by atoms with Gasteiger partial charge in [-0.15, -0.1) is 0 Å². The number of nitrogens with one attached hydrogen (secondary N) is 1. The first-order chi connectivity index (χ1) is 11.5. The van der Waals surface area contributed by atoms with E-state index in [1.807, 2.05) is 20.8 Å². The predicted molar refractivity (Wildman–Crippen MR) is 94.3 cm³/mol. The second-order valence-corrected chi connectivity index (χ2v) is 5.72. The molecule has 0 radical (unpaired) electrons. The third-order valence-corrected chi connectivity index (χ3v) is 3.55. The number of aromatic nitrogens is 2. The molecule has 0 aliphatic heterocycles. The Morgan fingerprint density at radius 3 is 2.62 bits per heavy atom. The summed E-state index contributed by atoms with van der Waals surface area (Å²) in [5.74, 6) is 1.25. The molecule has 0 saturated heterocycles. The number of rotatable bonds is 7. The van der Waals surface area contributed by atoms with Crippen LogP contribution in [0.3, 0.4) is 0 Å². The lowest BCUT2D eigenvalue weighted by Gasteiger charge is -2.15. The monoisotopic (exact) mass is 351 g/mol. The molecule has 0 fully saturated rings. The van der Waals surface area contributed by atoms with E-state index in [2.05, 4.69) is 10.4 Å². The van der Waals surface area contributed by atoms with Crippen LogP contribution in [0.2, 0.25) is 5.02 Å². The highest BCUT2D eigenvalue weighted by Crippen LogP contribution is 2.37. The number of nitrogens with zero attached hydrogens (tertiary/aromatic N) is 2. The molecule has 1 amide bonds. The lowest BCUT2D eigenvalue weighted by atomic mass is 10.2. The van der Waals surface area contributed by atoms with Gasteiger partial charge in [0.2, 0.25) is 0 Å². The van der Waals surface area contributed by atoms with Gasteiger partial charge in [0, 0.05) is 18.7 Å². The quantitative estimate of drug-likeness (QED) is 0.823. The average molecular weight is 352 g/mol. The van der Waals surface area contributed by atoms with E-state index in [9.17, 15) is 4.79 Å². The first-order valence-electron chi connectivity index (χ1n) is 7.87. The van der Waals surface area contributed by atoms with E-state index in [0.717, 1.165) is 12.1 Å². The molecule has 2 rings (SSSR count). The molecule has 0 aliphatic rings. The molecule has 1 aromatic carbocycles. The van der Waals surface area contributed by atoms with Gasteiger partial charge in [-0.3, -0.25) is 9.48 Å². The van der Waals surface area contributed by atoms with Gasteiger partial charge >= 0.3 is 0 Å². The van der Waals surface area contributed by atoms with Gasteiger partial charge < -0.3 is 14.8 Å². The van der Waals surface area contributed by atoms with Crippen LogP contribution in [-0.2, 0) is 7.05 Å². The minimum Gasteiger partial charge on any atom is -0.490 e. The van der Waals surface area contributed by atoms with Gasteiger partial charge in [-0.05, 0) is 32.4 Å². The SMILES string of the molecule is CCCOc1c(Cl)cc(C(=O)Nc2cc(C)nn2C)cc1OCC. The third-order valence-electron chi connectivity index (χ3n) is 3.27. The summed E-state index contributed by atoms with van der Waals surface area (Å²) in [6.45, 7) is 6.71. The van der Waals surface area contributed by atoms with Crippen molar-refractivity contribution in [3.05, 3.63) is 34.5 Å². The minimum atomic E-state index is -0.289. The topological polar surface area (TPSA) is 65.4 Å². The molecule has 0 saturated carbocycles. The van der Waals surface area contributed by atoms with Crippen molar-refractivity contribution in [2.75, 3.05) is 18.5 Å². The van der Waals surface area contributed by atoms with Crippen molar-refractivity contribution >= 4 is 23.3 Å². The van der Waals surface area contributed by atoms with Gasteiger partial charge in [-0.25, -0.2) is 0 Å². The number of hydrogen-bond acceptors (Lipinski definition) is 4. The highest BCUT2D eigenvalue weighted by Gasteiger charge is 2.17. The molecule has 0 atom stereocenters. The lowest BCUT2D eigenvalue weighted by molar-refractivity contribution is 0.102. The molecule has 0 spiro atoms. The largest absolute Gasteiger partial charge is 0.490 e.